The van der Waals surface area contributed by atoms with Gasteiger partial charge in [-0.1, -0.05) is 47.1 Å². The third-order valence-corrected chi connectivity index (χ3v) is 5.67. The Balaban J connectivity index is 1.68. The molecule has 2 aromatic carbocycles. The van der Waals surface area contributed by atoms with Gasteiger partial charge in [0.05, 0.1) is 10.8 Å². The predicted octanol–water partition coefficient (Wildman–Crippen LogP) is 5.61. The van der Waals surface area contributed by atoms with Crippen molar-refractivity contribution in [2.24, 2.45) is 0 Å². The summed E-state index contributed by atoms with van der Waals surface area (Å²) in [5, 5.41) is 10.3. The van der Waals surface area contributed by atoms with Gasteiger partial charge < -0.3 is 0 Å². The Labute approximate surface area is 181 Å². The average Bonchev–Trinajstić information content (AvgIpc) is 3.17. The zero-order chi connectivity index (χ0) is 20.2. The number of rotatable bonds is 6. The first-order valence-electron chi connectivity index (χ1n) is 8.66. The number of thioether (sulfide) groups is 1. The van der Waals surface area contributed by atoms with Crippen molar-refractivity contribution in [1.29, 1.82) is 0 Å². The third kappa shape index (κ3) is 4.34. The molecule has 0 saturated carbocycles. The van der Waals surface area contributed by atoms with E-state index in [1.165, 1.54) is 11.8 Å². The van der Waals surface area contributed by atoms with E-state index in [0.717, 1.165) is 11.3 Å². The maximum atomic E-state index is 12.6. The quantitative estimate of drug-likeness (QED) is 0.288. The van der Waals surface area contributed by atoms with Gasteiger partial charge in [0.1, 0.15) is 0 Å². The van der Waals surface area contributed by atoms with Crippen molar-refractivity contribution in [3.8, 4) is 17.1 Å². The molecular weight excluding hydrogens is 427 g/mol. The molecule has 2 heterocycles. The first kappa shape index (κ1) is 19.6. The maximum absolute atomic E-state index is 12.6. The van der Waals surface area contributed by atoms with E-state index in [2.05, 4.69) is 15.2 Å². The second kappa shape index (κ2) is 8.78. The van der Waals surface area contributed by atoms with Crippen LogP contribution in [-0.4, -0.2) is 31.3 Å². The van der Waals surface area contributed by atoms with E-state index in [9.17, 15) is 4.79 Å². The fourth-order valence-corrected chi connectivity index (χ4v) is 3.97. The van der Waals surface area contributed by atoms with Gasteiger partial charge in [0.25, 0.3) is 0 Å². The molecular formula is C21H14Cl2N4OS. The van der Waals surface area contributed by atoms with E-state index >= 15 is 0 Å². The molecule has 0 aliphatic heterocycles. The molecule has 0 saturated heterocycles. The van der Waals surface area contributed by atoms with E-state index in [1.54, 1.807) is 48.8 Å². The van der Waals surface area contributed by atoms with Crippen LogP contribution in [0.2, 0.25) is 10.0 Å². The Morgan fingerprint density at radius 1 is 0.931 bits per heavy atom. The Hall–Kier alpha value is -2.67. The number of benzene rings is 2. The fourth-order valence-electron chi connectivity index (χ4n) is 2.77. The van der Waals surface area contributed by atoms with Gasteiger partial charge in [-0.2, -0.15) is 0 Å². The molecule has 0 spiro atoms. The van der Waals surface area contributed by atoms with Crippen LogP contribution in [0.3, 0.4) is 0 Å². The maximum Gasteiger partial charge on any atom is 0.196 e. The van der Waals surface area contributed by atoms with Gasteiger partial charge in [0.15, 0.2) is 16.8 Å². The summed E-state index contributed by atoms with van der Waals surface area (Å²) >= 11 is 13.5. The molecule has 8 heteroatoms. The molecule has 0 atom stereocenters. The van der Waals surface area contributed by atoms with Crippen molar-refractivity contribution in [3.05, 3.63) is 88.7 Å². The highest BCUT2D eigenvalue weighted by atomic mass is 35.5. The van der Waals surface area contributed by atoms with Crippen LogP contribution in [0.1, 0.15) is 10.4 Å². The number of halogens is 2. The summed E-state index contributed by atoms with van der Waals surface area (Å²) in [4.78, 5) is 16.7. The molecule has 4 aromatic rings. The topological polar surface area (TPSA) is 60.7 Å². The summed E-state index contributed by atoms with van der Waals surface area (Å²) in [5.41, 5.74) is 2.21. The van der Waals surface area contributed by atoms with Crippen molar-refractivity contribution in [1.82, 2.24) is 19.7 Å². The fraction of sp³-hybridized carbons (Fsp3) is 0.0476. The SMILES string of the molecule is O=C(CSc1nnc(-c2ccncc2)n1-c1ccc(Cl)cc1)c1ccccc1Cl. The first-order valence-corrected chi connectivity index (χ1v) is 10.4. The van der Waals surface area contributed by atoms with Crippen LogP contribution in [0.4, 0.5) is 0 Å². The molecule has 0 bridgehead atoms. The van der Waals surface area contributed by atoms with E-state index in [-0.39, 0.29) is 11.5 Å². The minimum atomic E-state index is -0.0725. The molecule has 4 rings (SSSR count). The Morgan fingerprint density at radius 2 is 1.66 bits per heavy atom. The van der Waals surface area contributed by atoms with Crippen LogP contribution in [0.15, 0.2) is 78.2 Å². The lowest BCUT2D eigenvalue weighted by atomic mass is 10.1. The Kier molecular flexibility index (Phi) is 5.94. The van der Waals surface area contributed by atoms with Gasteiger partial charge in [0.2, 0.25) is 0 Å². The van der Waals surface area contributed by atoms with E-state index in [0.29, 0.717) is 26.6 Å². The number of aromatic nitrogens is 4. The highest BCUT2D eigenvalue weighted by Gasteiger charge is 2.18. The summed E-state index contributed by atoms with van der Waals surface area (Å²) in [5.74, 6) is 0.769. The number of hydrogen-bond acceptors (Lipinski definition) is 5. The van der Waals surface area contributed by atoms with Crippen molar-refractivity contribution in [2.45, 2.75) is 5.16 Å². The van der Waals surface area contributed by atoms with Gasteiger partial charge in [-0.3, -0.25) is 14.3 Å². The van der Waals surface area contributed by atoms with E-state index in [4.69, 9.17) is 23.2 Å². The first-order chi connectivity index (χ1) is 14.1. The van der Waals surface area contributed by atoms with Gasteiger partial charge in [-0.05, 0) is 48.5 Å². The Bertz CT molecular complexity index is 1150. The third-order valence-electron chi connectivity index (χ3n) is 4.16. The van der Waals surface area contributed by atoms with Gasteiger partial charge in [0, 0.05) is 34.2 Å². The molecule has 0 aliphatic rings. The number of carbonyl (C=O) groups excluding carboxylic acids is 1. The van der Waals surface area contributed by atoms with Crippen molar-refractivity contribution in [3.63, 3.8) is 0 Å². The normalized spacial score (nSPS) is 10.8. The predicted molar refractivity (Wildman–Crippen MR) is 116 cm³/mol. The number of Topliss-reactive ketones (excluding diaryl/α,β-unsaturated/α-hetero) is 1. The summed E-state index contributed by atoms with van der Waals surface area (Å²) in [7, 11) is 0. The summed E-state index contributed by atoms with van der Waals surface area (Å²) in [6.45, 7) is 0. The van der Waals surface area contributed by atoms with Crippen LogP contribution in [0.5, 0.6) is 0 Å². The van der Waals surface area contributed by atoms with Crippen molar-refractivity contribution >= 4 is 40.7 Å². The number of hydrogen-bond donors (Lipinski definition) is 0. The largest absolute Gasteiger partial charge is 0.293 e. The van der Waals surface area contributed by atoms with Crippen LogP contribution < -0.4 is 0 Å². The average molecular weight is 441 g/mol. The standard InChI is InChI=1S/C21H14Cl2N4OS/c22-15-5-7-16(8-6-15)27-20(14-9-11-24-12-10-14)25-26-21(27)29-13-19(28)17-3-1-2-4-18(17)23/h1-12H,13H2. The molecule has 144 valence electrons. The van der Waals surface area contributed by atoms with E-state index in [1.807, 2.05) is 28.8 Å². The zero-order valence-electron chi connectivity index (χ0n) is 15.0. The van der Waals surface area contributed by atoms with Gasteiger partial charge >= 0.3 is 0 Å². The lowest BCUT2D eigenvalue weighted by Crippen LogP contribution is -2.05. The molecule has 0 N–H and O–H groups in total. The highest BCUT2D eigenvalue weighted by molar-refractivity contribution is 7.99. The molecule has 29 heavy (non-hydrogen) atoms. The number of nitrogens with zero attached hydrogens (tertiary/aromatic N) is 4. The van der Waals surface area contributed by atoms with Gasteiger partial charge in [-0.15, -0.1) is 10.2 Å². The summed E-state index contributed by atoms with van der Waals surface area (Å²) in [6.07, 6.45) is 3.40. The monoisotopic (exact) mass is 440 g/mol. The summed E-state index contributed by atoms with van der Waals surface area (Å²) in [6, 6.07) is 18.1. The van der Waals surface area contributed by atoms with Crippen LogP contribution in [0.25, 0.3) is 17.1 Å². The van der Waals surface area contributed by atoms with Crippen LogP contribution in [0, 0.1) is 0 Å². The summed E-state index contributed by atoms with van der Waals surface area (Å²) < 4.78 is 1.90. The van der Waals surface area contributed by atoms with Crippen molar-refractivity contribution in [2.75, 3.05) is 5.75 Å². The molecule has 0 unspecified atom stereocenters. The van der Waals surface area contributed by atoms with Crippen molar-refractivity contribution < 1.29 is 4.79 Å². The molecule has 0 fully saturated rings. The second-order valence-electron chi connectivity index (χ2n) is 6.05. The number of ketones is 1. The minimum absolute atomic E-state index is 0.0725. The molecule has 5 nitrogen and oxygen atoms in total. The molecule has 0 aliphatic carbocycles. The second-order valence-corrected chi connectivity index (χ2v) is 7.83. The lowest BCUT2D eigenvalue weighted by Gasteiger charge is -2.10. The van der Waals surface area contributed by atoms with Crippen LogP contribution >= 0.6 is 35.0 Å². The Morgan fingerprint density at radius 3 is 2.38 bits per heavy atom. The number of pyridine rings is 1. The molecule has 2 aromatic heterocycles. The zero-order valence-corrected chi connectivity index (χ0v) is 17.3. The minimum Gasteiger partial charge on any atom is -0.293 e. The highest BCUT2D eigenvalue weighted by Crippen LogP contribution is 2.29. The number of carbonyl (C=O) groups is 1. The molecule has 0 amide bonds. The lowest BCUT2D eigenvalue weighted by molar-refractivity contribution is 0.102. The van der Waals surface area contributed by atoms with Gasteiger partial charge in [-0.25, -0.2) is 0 Å². The van der Waals surface area contributed by atoms with Crippen LogP contribution in [-0.2, 0) is 0 Å². The smallest absolute Gasteiger partial charge is 0.196 e. The molecule has 0 radical (unpaired) electrons. The van der Waals surface area contributed by atoms with E-state index < -0.39 is 0 Å².